The molecule has 0 amide bonds. The van der Waals surface area contributed by atoms with Crippen LogP contribution in [0.25, 0.3) is 0 Å². The largest absolute Gasteiger partial charge is 0.496 e. The van der Waals surface area contributed by atoms with Crippen molar-refractivity contribution >= 4 is 0 Å². The molecule has 1 nitrogen and oxygen atoms in total. The number of ether oxygens (including phenoxy) is 1. The Balaban J connectivity index is 2.12. The quantitative estimate of drug-likeness (QED) is 0.624. The molecule has 0 aliphatic carbocycles. The molecule has 0 atom stereocenters. The first-order chi connectivity index (χ1) is 11.2. The monoisotopic (exact) mass is 324 g/mol. The van der Waals surface area contributed by atoms with Gasteiger partial charge < -0.3 is 4.74 Å². The SMILES string of the molecule is COc1ccccc1CC(C)(C)Cc1cccc(CC(C)(C)C)c1. The third kappa shape index (κ3) is 5.70. The van der Waals surface area contributed by atoms with Crippen molar-refractivity contribution < 1.29 is 4.74 Å². The summed E-state index contributed by atoms with van der Waals surface area (Å²) in [6, 6.07) is 17.5. The minimum absolute atomic E-state index is 0.189. The summed E-state index contributed by atoms with van der Waals surface area (Å²) in [5, 5.41) is 0. The highest BCUT2D eigenvalue weighted by molar-refractivity contribution is 5.34. The maximum Gasteiger partial charge on any atom is 0.122 e. The Hall–Kier alpha value is -1.76. The molecular formula is C23H32O. The Kier molecular flexibility index (Phi) is 5.74. The zero-order chi connectivity index (χ0) is 17.8. The van der Waals surface area contributed by atoms with Crippen molar-refractivity contribution in [2.45, 2.75) is 53.9 Å². The molecule has 0 aromatic heterocycles. The van der Waals surface area contributed by atoms with Crippen LogP contribution >= 0.6 is 0 Å². The van der Waals surface area contributed by atoms with Gasteiger partial charge in [-0.2, -0.15) is 0 Å². The molecule has 130 valence electrons. The van der Waals surface area contributed by atoms with Crippen LogP contribution in [0, 0.1) is 10.8 Å². The highest BCUT2D eigenvalue weighted by atomic mass is 16.5. The third-order valence-electron chi connectivity index (χ3n) is 4.27. The number of hydrogen-bond donors (Lipinski definition) is 0. The number of hydrogen-bond acceptors (Lipinski definition) is 1. The van der Waals surface area contributed by atoms with E-state index in [2.05, 4.69) is 77.1 Å². The topological polar surface area (TPSA) is 9.23 Å². The summed E-state index contributed by atoms with van der Waals surface area (Å²) < 4.78 is 5.52. The summed E-state index contributed by atoms with van der Waals surface area (Å²) in [6.45, 7) is 11.6. The molecule has 2 aromatic carbocycles. The van der Waals surface area contributed by atoms with E-state index < -0.39 is 0 Å². The van der Waals surface area contributed by atoms with Crippen molar-refractivity contribution in [2.75, 3.05) is 7.11 Å². The first-order valence-corrected chi connectivity index (χ1v) is 8.88. The highest BCUT2D eigenvalue weighted by Crippen LogP contribution is 2.31. The summed E-state index contributed by atoms with van der Waals surface area (Å²) in [6.07, 6.45) is 3.21. The summed E-state index contributed by atoms with van der Waals surface area (Å²) in [5.41, 5.74) is 4.67. The van der Waals surface area contributed by atoms with Gasteiger partial charge in [0, 0.05) is 0 Å². The van der Waals surface area contributed by atoms with Crippen molar-refractivity contribution in [3.63, 3.8) is 0 Å². The highest BCUT2D eigenvalue weighted by Gasteiger charge is 2.21. The van der Waals surface area contributed by atoms with E-state index in [1.54, 1.807) is 7.11 Å². The van der Waals surface area contributed by atoms with Gasteiger partial charge in [-0.25, -0.2) is 0 Å². The summed E-state index contributed by atoms with van der Waals surface area (Å²) in [4.78, 5) is 0. The van der Waals surface area contributed by atoms with Crippen LogP contribution < -0.4 is 4.74 Å². The Morgan fingerprint density at radius 1 is 0.750 bits per heavy atom. The van der Waals surface area contributed by atoms with Crippen LogP contribution in [0.4, 0.5) is 0 Å². The lowest BCUT2D eigenvalue weighted by atomic mass is 9.79. The summed E-state index contributed by atoms with van der Waals surface area (Å²) in [7, 11) is 1.75. The van der Waals surface area contributed by atoms with Crippen LogP contribution in [-0.2, 0) is 19.3 Å². The predicted octanol–water partition coefficient (Wildman–Crippen LogP) is 6.10. The fraction of sp³-hybridized carbons (Fsp3) is 0.478. The Morgan fingerprint density at radius 2 is 1.38 bits per heavy atom. The van der Waals surface area contributed by atoms with E-state index in [1.165, 1.54) is 16.7 Å². The molecule has 1 heteroatoms. The molecule has 0 saturated heterocycles. The Bertz CT molecular complexity index is 662. The Labute approximate surface area is 148 Å². The molecule has 0 aliphatic rings. The maximum atomic E-state index is 5.52. The average molecular weight is 325 g/mol. The summed E-state index contributed by atoms with van der Waals surface area (Å²) in [5.74, 6) is 0.993. The minimum Gasteiger partial charge on any atom is -0.496 e. The fourth-order valence-electron chi connectivity index (χ4n) is 3.44. The first kappa shape index (κ1) is 18.6. The van der Waals surface area contributed by atoms with E-state index in [0.717, 1.165) is 25.0 Å². The van der Waals surface area contributed by atoms with Gasteiger partial charge in [0.2, 0.25) is 0 Å². The molecule has 0 spiro atoms. The van der Waals surface area contributed by atoms with Crippen LogP contribution in [0.1, 0.15) is 51.3 Å². The van der Waals surface area contributed by atoms with Gasteiger partial charge in [-0.1, -0.05) is 77.1 Å². The molecule has 0 radical (unpaired) electrons. The molecule has 0 N–H and O–H groups in total. The second-order valence-electron chi connectivity index (χ2n) is 8.89. The van der Waals surface area contributed by atoms with Crippen LogP contribution in [-0.4, -0.2) is 7.11 Å². The van der Waals surface area contributed by atoms with E-state index in [1.807, 2.05) is 6.07 Å². The molecule has 2 rings (SSSR count). The predicted molar refractivity (Wildman–Crippen MR) is 104 cm³/mol. The van der Waals surface area contributed by atoms with Gasteiger partial charge in [0.05, 0.1) is 7.11 Å². The van der Waals surface area contributed by atoms with Gasteiger partial charge in [0.1, 0.15) is 5.75 Å². The van der Waals surface area contributed by atoms with Crippen LogP contribution in [0.2, 0.25) is 0 Å². The van der Waals surface area contributed by atoms with E-state index in [-0.39, 0.29) is 5.41 Å². The summed E-state index contributed by atoms with van der Waals surface area (Å²) >= 11 is 0. The van der Waals surface area contributed by atoms with E-state index >= 15 is 0 Å². The molecule has 0 fully saturated rings. The smallest absolute Gasteiger partial charge is 0.122 e. The molecule has 2 aromatic rings. The second kappa shape index (κ2) is 7.42. The lowest BCUT2D eigenvalue weighted by Crippen LogP contribution is -2.19. The van der Waals surface area contributed by atoms with Crippen LogP contribution in [0.5, 0.6) is 5.75 Å². The van der Waals surface area contributed by atoms with Gasteiger partial charge in [0.25, 0.3) is 0 Å². The van der Waals surface area contributed by atoms with Crippen molar-refractivity contribution in [1.82, 2.24) is 0 Å². The average Bonchev–Trinajstić information content (AvgIpc) is 2.45. The van der Waals surface area contributed by atoms with Gasteiger partial charge in [0.15, 0.2) is 0 Å². The van der Waals surface area contributed by atoms with Crippen molar-refractivity contribution in [2.24, 2.45) is 10.8 Å². The molecule has 24 heavy (non-hydrogen) atoms. The minimum atomic E-state index is 0.189. The van der Waals surface area contributed by atoms with Gasteiger partial charge in [-0.05, 0) is 52.8 Å². The van der Waals surface area contributed by atoms with Crippen molar-refractivity contribution in [3.8, 4) is 5.75 Å². The van der Waals surface area contributed by atoms with Gasteiger partial charge in [-0.15, -0.1) is 0 Å². The normalized spacial score (nSPS) is 12.2. The van der Waals surface area contributed by atoms with Crippen LogP contribution in [0.15, 0.2) is 48.5 Å². The number of para-hydroxylation sites is 1. The maximum absolute atomic E-state index is 5.52. The van der Waals surface area contributed by atoms with E-state index in [0.29, 0.717) is 5.41 Å². The Morgan fingerprint density at radius 3 is 2.00 bits per heavy atom. The lowest BCUT2D eigenvalue weighted by Gasteiger charge is -2.26. The van der Waals surface area contributed by atoms with Gasteiger partial charge in [-0.3, -0.25) is 0 Å². The number of benzene rings is 2. The third-order valence-corrected chi connectivity index (χ3v) is 4.27. The molecule has 0 unspecified atom stereocenters. The van der Waals surface area contributed by atoms with E-state index in [4.69, 9.17) is 4.74 Å². The molecule has 0 bridgehead atoms. The zero-order valence-electron chi connectivity index (χ0n) is 16.1. The van der Waals surface area contributed by atoms with Crippen LogP contribution in [0.3, 0.4) is 0 Å². The number of rotatable bonds is 6. The van der Waals surface area contributed by atoms with Crippen molar-refractivity contribution in [3.05, 3.63) is 65.2 Å². The fourth-order valence-corrected chi connectivity index (χ4v) is 3.44. The number of methoxy groups -OCH3 is 1. The zero-order valence-corrected chi connectivity index (χ0v) is 16.1. The molecule has 0 aliphatic heterocycles. The molecular weight excluding hydrogens is 292 g/mol. The molecule has 0 saturated carbocycles. The lowest BCUT2D eigenvalue weighted by molar-refractivity contribution is 0.346. The first-order valence-electron chi connectivity index (χ1n) is 8.88. The molecule has 0 heterocycles. The van der Waals surface area contributed by atoms with E-state index in [9.17, 15) is 0 Å². The standard InChI is InChI=1S/C23H32O/c1-22(2,3)15-18-10-9-11-19(14-18)16-23(4,5)17-20-12-7-8-13-21(20)24-6/h7-14H,15-17H2,1-6H3. The van der Waals surface area contributed by atoms with Crippen molar-refractivity contribution in [1.29, 1.82) is 0 Å². The second-order valence-corrected chi connectivity index (χ2v) is 8.89. The van der Waals surface area contributed by atoms with Gasteiger partial charge >= 0.3 is 0 Å².